The first kappa shape index (κ1) is 106. The van der Waals surface area contributed by atoms with Gasteiger partial charge >= 0.3 is 0 Å². The van der Waals surface area contributed by atoms with Gasteiger partial charge in [-0.1, -0.05) is 138 Å². The van der Waals surface area contributed by atoms with Gasteiger partial charge in [0, 0.05) is 67.7 Å². The predicted octanol–water partition coefficient (Wildman–Crippen LogP) is 25.0. The van der Waals surface area contributed by atoms with E-state index in [0.29, 0.717) is 161 Å². The Balaban J connectivity index is 0.000000128. The van der Waals surface area contributed by atoms with Crippen molar-refractivity contribution in [3.63, 3.8) is 0 Å². The lowest BCUT2D eigenvalue weighted by Gasteiger charge is -2.27. The third kappa shape index (κ3) is 24.7. The van der Waals surface area contributed by atoms with Crippen LogP contribution < -0.4 is 33.1 Å². The van der Waals surface area contributed by atoms with Gasteiger partial charge in [-0.05, 0) is 343 Å². The van der Waals surface area contributed by atoms with Crippen molar-refractivity contribution in [2.75, 3.05) is 6.26 Å². The Bertz CT molecular complexity index is 7530. The van der Waals surface area contributed by atoms with Gasteiger partial charge in [-0.25, -0.2) is 26.3 Å². The summed E-state index contributed by atoms with van der Waals surface area (Å²) < 4.78 is 110. The topological polar surface area (TPSA) is 452 Å². The van der Waals surface area contributed by atoms with Crippen molar-refractivity contribution in [2.24, 2.45) is 0 Å². The summed E-state index contributed by atoms with van der Waals surface area (Å²) in [6, 6.07) is 67.3. The molecule has 0 aliphatic heterocycles. The van der Waals surface area contributed by atoms with Gasteiger partial charge in [-0.2, -0.15) is 51.2 Å². The molecule has 6 aliphatic carbocycles. The van der Waals surface area contributed by atoms with E-state index in [1.165, 1.54) is 78.2 Å². The Morgan fingerprint density at radius 1 is 0.300 bits per heavy atom. The van der Waals surface area contributed by atoms with Gasteiger partial charge in [-0.15, -0.1) is 0 Å². The van der Waals surface area contributed by atoms with Crippen LogP contribution >= 0.6 is 0 Å². The average Bonchev–Trinajstić information content (AvgIpc) is 1.50. The van der Waals surface area contributed by atoms with Crippen LogP contribution in [0.1, 0.15) is 280 Å². The minimum Gasteiger partial charge on any atom is -0.490 e. The molecular weight excluding hydrogens is 1930 g/mol. The van der Waals surface area contributed by atoms with Crippen LogP contribution in [-0.2, 0) is 52.2 Å². The van der Waals surface area contributed by atoms with E-state index >= 15 is 0 Å². The molecule has 15 aromatic rings. The molecule has 150 heavy (non-hydrogen) atoms. The lowest BCUT2D eigenvalue weighted by Crippen LogP contribution is -2.33. The lowest BCUT2D eigenvalue weighted by molar-refractivity contribution is 0.241. The van der Waals surface area contributed by atoms with E-state index in [4.69, 9.17) is 46.3 Å². The lowest BCUT2D eigenvalue weighted by atomic mass is 9.81. The quantitative estimate of drug-likeness (QED) is 0.0536. The molecule has 1 saturated carbocycles. The molecule has 1 fully saturated rings. The summed E-state index contributed by atoms with van der Waals surface area (Å²) in [5, 5.41) is 68.1. The first-order chi connectivity index (χ1) is 72.3. The van der Waals surface area contributed by atoms with Gasteiger partial charge in [0.25, 0.3) is 29.5 Å². The van der Waals surface area contributed by atoms with Gasteiger partial charge in [0.2, 0.25) is 49.2 Å². The number of fused-ring (bicyclic) bond motifs is 5. The number of ether oxygens (including phenoxy) is 5. The summed E-state index contributed by atoms with van der Waals surface area (Å²) in [7, 11) is -6.62. The molecule has 31 nitrogen and oxygen atoms in total. The number of nitrogens with zero attached hydrogens (tertiary/aromatic N) is 15. The van der Waals surface area contributed by atoms with E-state index in [2.05, 4.69) is 166 Å². The molecule has 10 aromatic carbocycles. The normalized spacial score (nSPS) is 16.3. The second-order valence-electron chi connectivity index (χ2n) is 40.0. The Morgan fingerprint density at radius 2 is 0.520 bits per heavy atom. The van der Waals surface area contributed by atoms with Crippen molar-refractivity contribution in [3.05, 3.63) is 265 Å². The maximum Gasteiger partial charge on any atom is 0.258 e. The molecule has 5 heterocycles. The molecule has 5 atom stereocenters. The van der Waals surface area contributed by atoms with Crippen molar-refractivity contribution in [3.8, 4) is 173 Å². The molecule has 0 spiro atoms. The summed E-state index contributed by atoms with van der Waals surface area (Å²) in [6.45, 7) is 26.0. The van der Waals surface area contributed by atoms with Gasteiger partial charge in [0.15, 0.2) is 0 Å². The highest BCUT2D eigenvalue weighted by Gasteiger charge is 2.39. The SMILES string of the molecule is CC(C)Oc1ccc(-c2nc(-c3cccc4c3CCC[C@@H]4C)no2)cc1C#N.CC(C)Oc1ccc(-c2nc(-c3cccc4c3CCC[C@@H]4NS(C)(=O)=O)no2)cc1C#N.CC(C)Oc1ccc(-c2nc(-c3cccc4c3CCC[C@H]4C)no2)cc1C#N.CC(C)Oc1ccc(-c2nc(-c3cccc4c3CCC[C@H]4C)no2)cc1C#N.CC(C)Oc1ccc(-c2nc(-c3cccc4c3CCC[C@H]4NS(=O)(=O)C3CC3)no2)cc1C#N. The molecule has 33 heteroatoms. The average molecular weight is 2050 g/mol. The first-order valence-electron chi connectivity index (χ1n) is 51.1. The van der Waals surface area contributed by atoms with Crippen LogP contribution in [0.2, 0.25) is 0 Å². The Morgan fingerprint density at radius 3 is 0.740 bits per heavy atom. The van der Waals surface area contributed by atoms with Crippen LogP contribution in [0.25, 0.3) is 114 Å². The molecular formula is C117H119N17O14S2. The molecule has 768 valence electrons. The summed E-state index contributed by atoms with van der Waals surface area (Å²) in [4.78, 5) is 23.0. The van der Waals surface area contributed by atoms with Crippen LogP contribution in [0.5, 0.6) is 28.7 Å². The predicted molar refractivity (Wildman–Crippen MR) is 567 cm³/mol. The summed E-state index contributed by atoms with van der Waals surface area (Å²) in [5.41, 5.74) is 22.4. The van der Waals surface area contributed by atoms with E-state index in [1.807, 2.05) is 124 Å². The van der Waals surface area contributed by atoms with Gasteiger partial charge < -0.3 is 46.3 Å². The van der Waals surface area contributed by atoms with E-state index in [9.17, 15) is 43.1 Å². The molecule has 21 rings (SSSR count). The fraction of sp³-hybridized carbons (Fsp3) is 0.359. The van der Waals surface area contributed by atoms with E-state index in [1.54, 1.807) is 72.8 Å². The Hall–Kier alpha value is -15.8. The first-order valence-corrected chi connectivity index (χ1v) is 54.6. The zero-order valence-corrected chi connectivity index (χ0v) is 88.1. The smallest absolute Gasteiger partial charge is 0.258 e. The number of nitrogens with one attached hydrogen (secondary N) is 2. The number of nitriles is 5. The van der Waals surface area contributed by atoms with Crippen molar-refractivity contribution in [1.29, 1.82) is 26.3 Å². The summed E-state index contributed by atoms with van der Waals surface area (Å²) in [6.07, 6.45) is 17.7. The standard InChI is InChI=1S/C25H26N4O4S.C23H24N4O4S.3C23H23N3O2/c1-15(2)32-23-12-9-16(13-17(23)14-26)25-27-24(28-33-25)21-7-3-6-20-19(21)5-4-8-22(20)29-34(30,31)18-10-11-18;1-14(2)30-21-11-10-15(12-16(21)13-24)23-25-22(26-31-23)19-8-4-7-18-17(19)6-5-9-20(18)27-32(3,28)29;3*1-14(2)27-21-11-10-16(12-17(21)13-24)23-25-22(26-28-23)20-9-5-7-18-15(3)6-4-8-19(18)20/h3,6-7,9,12-13,15,18,22,29H,4-5,8,10-11H2,1-2H3;4,7-8,10-12,14,20,27H,5-6,9H2,1-3H3;3*5,7,9-12,14-15H,4,6,8H2,1-3H3/t22-;20-;3*15-/m10110/s1. The van der Waals surface area contributed by atoms with Crippen molar-refractivity contribution < 1.29 is 63.1 Å². The third-order valence-corrected chi connectivity index (χ3v) is 29.6. The zero-order valence-electron chi connectivity index (χ0n) is 86.4. The van der Waals surface area contributed by atoms with Crippen molar-refractivity contribution >= 4 is 20.0 Å². The summed E-state index contributed by atoms with van der Waals surface area (Å²) in [5.74, 6) is 8.87. The molecule has 0 saturated heterocycles. The highest BCUT2D eigenvalue weighted by molar-refractivity contribution is 7.90. The molecule has 5 aromatic heterocycles. The Kier molecular flexibility index (Phi) is 32.9. The molecule has 0 bridgehead atoms. The molecule has 0 unspecified atom stereocenters. The van der Waals surface area contributed by atoms with E-state index < -0.39 is 20.0 Å². The molecule has 2 N–H and O–H groups in total. The largest absolute Gasteiger partial charge is 0.490 e. The van der Waals surface area contributed by atoms with Gasteiger partial charge in [0.05, 0.1) is 69.8 Å². The van der Waals surface area contributed by atoms with Crippen LogP contribution in [0.15, 0.2) is 205 Å². The minimum atomic E-state index is -3.33. The van der Waals surface area contributed by atoms with Gasteiger partial charge in [-0.3, -0.25) is 0 Å². The number of rotatable bonds is 25. The molecule has 0 radical (unpaired) electrons. The van der Waals surface area contributed by atoms with Crippen LogP contribution in [0, 0.1) is 56.7 Å². The number of sulfonamides is 2. The van der Waals surface area contributed by atoms with Crippen molar-refractivity contribution in [2.45, 2.75) is 265 Å². The zero-order chi connectivity index (χ0) is 106. The summed E-state index contributed by atoms with van der Waals surface area (Å²) >= 11 is 0. The number of hydrogen-bond acceptors (Lipinski definition) is 29. The number of aromatic nitrogens is 10. The van der Waals surface area contributed by atoms with E-state index in [-0.39, 0.29) is 47.9 Å². The van der Waals surface area contributed by atoms with Crippen LogP contribution in [0.3, 0.4) is 0 Å². The minimum absolute atomic E-state index is 0.000365. The monoisotopic (exact) mass is 2050 g/mol. The van der Waals surface area contributed by atoms with E-state index in [0.717, 1.165) is 121 Å². The second-order valence-corrected chi connectivity index (χ2v) is 43.7. The fourth-order valence-electron chi connectivity index (χ4n) is 20.0. The molecule has 0 amide bonds. The molecule has 6 aliphatic rings. The Labute approximate surface area is 873 Å². The maximum atomic E-state index is 12.5. The van der Waals surface area contributed by atoms with Crippen molar-refractivity contribution in [1.82, 2.24) is 60.1 Å². The third-order valence-electron chi connectivity index (χ3n) is 26.9. The highest BCUT2D eigenvalue weighted by Crippen LogP contribution is 2.46. The highest BCUT2D eigenvalue weighted by atomic mass is 32.2. The second kappa shape index (κ2) is 46.7. The fourth-order valence-corrected chi connectivity index (χ4v) is 22.3. The van der Waals surface area contributed by atoms with Crippen LogP contribution in [0.4, 0.5) is 0 Å². The van der Waals surface area contributed by atoms with Gasteiger partial charge in [0.1, 0.15) is 59.1 Å². The number of hydrogen-bond donors (Lipinski definition) is 2. The van der Waals surface area contributed by atoms with Crippen LogP contribution in [-0.4, -0.2) is 110 Å². The maximum absolute atomic E-state index is 12.5. The number of benzene rings is 10.